The van der Waals surface area contributed by atoms with Gasteiger partial charge in [0.1, 0.15) is 12.3 Å². The van der Waals surface area contributed by atoms with Crippen LogP contribution < -0.4 is 10.1 Å². The molecule has 0 spiro atoms. The van der Waals surface area contributed by atoms with Gasteiger partial charge in [-0.1, -0.05) is 11.6 Å². The summed E-state index contributed by atoms with van der Waals surface area (Å²) in [6.07, 6.45) is 0.757. The van der Waals surface area contributed by atoms with Crippen LogP contribution in [0, 0.1) is 6.92 Å². The minimum absolute atomic E-state index is 0.236. The number of benzene rings is 1. The van der Waals surface area contributed by atoms with Crippen molar-refractivity contribution in [3.63, 3.8) is 0 Å². The summed E-state index contributed by atoms with van der Waals surface area (Å²) in [4.78, 5) is 21.4. The van der Waals surface area contributed by atoms with Crippen LogP contribution in [-0.2, 0) is 9.59 Å². The number of nitrogens with one attached hydrogen (secondary N) is 1. The van der Waals surface area contributed by atoms with Crippen molar-refractivity contribution >= 4 is 23.5 Å². The molecule has 1 aromatic rings. The predicted molar refractivity (Wildman–Crippen MR) is 71.6 cm³/mol. The number of halogens is 1. The standard InChI is InChI=1S/C13H16ClNO4/c1-9-7-10(4-5-11(9)14)19-6-2-3-12(16)15-8-13(17)18/h4-5,7H,2-3,6,8H2,1H3,(H,15,16)(H,17,18). The summed E-state index contributed by atoms with van der Waals surface area (Å²) < 4.78 is 5.46. The van der Waals surface area contributed by atoms with E-state index in [2.05, 4.69) is 5.32 Å². The van der Waals surface area contributed by atoms with Crippen LogP contribution in [0.5, 0.6) is 5.75 Å². The number of ether oxygens (including phenoxy) is 1. The quantitative estimate of drug-likeness (QED) is 0.752. The second kappa shape index (κ2) is 7.63. The molecule has 1 amide bonds. The molecular formula is C13H16ClNO4. The molecule has 2 N–H and O–H groups in total. The number of carbonyl (C=O) groups excluding carboxylic acids is 1. The molecule has 0 saturated heterocycles. The summed E-state index contributed by atoms with van der Waals surface area (Å²) >= 11 is 5.89. The van der Waals surface area contributed by atoms with E-state index in [4.69, 9.17) is 21.4 Å². The van der Waals surface area contributed by atoms with Crippen LogP contribution >= 0.6 is 11.6 Å². The van der Waals surface area contributed by atoms with Crippen molar-refractivity contribution in [1.82, 2.24) is 5.32 Å². The second-order valence-electron chi connectivity index (χ2n) is 4.03. The van der Waals surface area contributed by atoms with Crippen molar-refractivity contribution in [2.24, 2.45) is 0 Å². The molecule has 0 atom stereocenters. The van der Waals surface area contributed by atoms with E-state index in [0.29, 0.717) is 23.8 Å². The summed E-state index contributed by atoms with van der Waals surface area (Å²) in [5.41, 5.74) is 0.929. The largest absolute Gasteiger partial charge is 0.494 e. The van der Waals surface area contributed by atoms with E-state index in [1.54, 1.807) is 12.1 Å². The lowest BCUT2D eigenvalue weighted by Crippen LogP contribution is -2.29. The molecule has 0 heterocycles. The van der Waals surface area contributed by atoms with Gasteiger partial charge in [0.25, 0.3) is 0 Å². The van der Waals surface area contributed by atoms with Crippen molar-refractivity contribution in [3.8, 4) is 5.75 Å². The second-order valence-corrected chi connectivity index (χ2v) is 4.44. The molecule has 0 aliphatic rings. The Morgan fingerprint density at radius 3 is 2.79 bits per heavy atom. The van der Waals surface area contributed by atoms with Gasteiger partial charge in [-0.2, -0.15) is 0 Å². The fraction of sp³-hybridized carbons (Fsp3) is 0.385. The van der Waals surface area contributed by atoms with Gasteiger partial charge in [0.05, 0.1) is 6.61 Å². The number of carboxylic acid groups (broad SMARTS) is 1. The molecule has 0 saturated carbocycles. The Morgan fingerprint density at radius 1 is 1.42 bits per heavy atom. The molecule has 19 heavy (non-hydrogen) atoms. The zero-order chi connectivity index (χ0) is 14.3. The lowest BCUT2D eigenvalue weighted by Gasteiger charge is -2.07. The normalized spacial score (nSPS) is 10.0. The van der Waals surface area contributed by atoms with Crippen LogP contribution in [0.15, 0.2) is 18.2 Å². The van der Waals surface area contributed by atoms with Gasteiger partial charge in [-0.25, -0.2) is 0 Å². The van der Waals surface area contributed by atoms with Crippen molar-refractivity contribution in [1.29, 1.82) is 0 Å². The first kappa shape index (κ1) is 15.3. The Balaban J connectivity index is 2.21. The van der Waals surface area contributed by atoms with Gasteiger partial charge >= 0.3 is 5.97 Å². The molecule has 0 radical (unpaired) electrons. The van der Waals surface area contributed by atoms with Gasteiger partial charge in [-0.05, 0) is 37.1 Å². The molecule has 0 aromatic heterocycles. The highest BCUT2D eigenvalue weighted by Gasteiger charge is 2.04. The minimum Gasteiger partial charge on any atom is -0.494 e. The fourth-order valence-electron chi connectivity index (χ4n) is 1.39. The molecule has 6 heteroatoms. The first-order valence-electron chi connectivity index (χ1n) is 5.86. The average molecular weight is 286 g/mol. The van der Waals surface area contributed by atoms with Gasteiger partial charge in [0, 0.05) is 11.4 Å². The maximum atomic E-state index is 11.2. The van der Waals surface area contributed by atoms with Crippen LogP contribution in [0.3, 0.4) is 0 Å². The highest BCUT2D eigenvalue weighted by molar-refractivity contribution is 6.31. The minimum atomic E-state index is -1.05. The first-order chi connectivity index (χ1) is 8.99. The molecule has 0 aliphatic carbocycles. The third kappa shape index (κ3) is 6.10. The van der Waals surface area contributed by atoms with Crippen LogP contribution in [-0.4, -0.2) is 30.1 Å². The number of hydrogen-bond donors (Lipinski definition) is 2. The number of amides is 1. The smallest absolute Gasteiger partial charge is 0.322 e. The zero-order valence-electron chi connectivity index (χ0n) is 10.6. The van der Waals surface area contributed by atoms with E-state index in [0.717, 1.165) is 5.56 Å². The highest BCUT2D eigenvalue weighted by atomic mass is 35.5. The monoisotopic (exact) mass is 285 g/mol. The molecule has 1 rings (SSSR count). The average Bonchev–Trinajstić information content (AvgIpc) is 2.36. The summed E-state index contributed by atoms with van der Waals surface area (Å²) in [6, 6.07) is 5.35. The van der Waals surface area contributed by atoms with Gasteiger partial charge in [-0.15, -0.1) is 0 Å². The molecular weight excluding hydrogens is 270 g/mol. The molecule has 1 aromatic carbocycles. The predicted octanol–water partition coefficient (Wildman–Crippen LogP) is 2.01. The van der Waals surface area contributed by atoms with Crippen molar-refractivity contribution < 1.29 is 19.4 Å². The van der Waals surface area contributed by atoms with E-state index in [1.165, 1.54) is 0 Å². The third-order valence-corrected chi connectivity index (χ3v) is 2.81. The Morgan fingerprint density at radius 2 is 2.16 bits per heavy atom. The Hall–Kier alpha value is -1.75. The number of rotatable bonds is 7. The highest BCUT2D eigenvalue weighted by Crippen LogP contribution is 2.21. The van der Waals surface area contributed by atoms with Crippen LogP contribution in [0.1, 0.15) is 18.4 Å². The van der Waals surface area contributed by atoms with E-state index < -0.39 is 5.97 Å². The number of aryl methyl sites for hydroxylation is 1. The fourth-order valence-corrected chi connectivity index (χ4v) is 1.51. The lowest BCUT2D eigenvalue weighted by molar-refractivity contribution is -0.137. The Bertz CT molecular complexity index is 462. The summed E-state index contributed by atoms with van der Waals surface area (Å²) in [6.45, 7) is 1.92. The Kier molecular flexibility index (Phi) is 6.15. The maximum absolute atomic E-state index is 11.2. The van der Waals surface area contributed by atoms with Gasteiger partial charge in [0.2, 0.25) is 5.91 Å². The first-order valence-corrected chi connectivity index (χ1v) is 6.24. The topological polar surface area (TPSA) is 75.6 Å². The van der Waals surface area contributed by atoms with Crippen molar-refractivity contribution in [2.75, 3.05) is 13.2 Å². The summed E-state index contributed by atoms with van der Waals surface area (Å²) in [5, 5.41) is 11.3. The van der Waals surface area contributed by atoms with Gasteiger partial charge in [0.15, 0.2) is 0 Å². The number of carboxylic acids is 1. The maximum Gasteiger partial charge on any atom is 0.322 e. The third-order valence-electron chi connectivity index (χ3n) is 2.38. The summed E-state index contributed by atoms with van der Waals surface area (Å²) in [5.74, 6) is -0.646. The van der Waals surface area contributed by atoms with Crippen LogP contribution in [0.25, 0.3) is 0 Å². The van der Waals surface area contributed by atoms with Crippen LogP contribution in [0.2, 0.25) is 5.02 Å². The molecule has 0 aliphatic heterocycles. The van der Waals surface area contributed by atoms with Gasteiger partial charge in [-0.3, -0.25) is 9.59 Å². The molecule has 0 bridgehead atoms. The zero-order valence-corrected chi connectivity index (χ0v) is 11.4. The van der Waals surface area contributed by atoms with E-state index in [-0.39, 0.29) is 18.9 Å². The van der Waals surface area contributed by atoms with Crippen LogP contribution in [0.4, 0.5) is 0 Å². The SMILES string of the molecule is Cc1cc(OCCCC(=O)NCC(=O)O)ccc1Cl. The molecule has 104 valence electrons. The Labute approximate surface area is 116 Å². The molecule has 5 nitrogen and oxygen atoms in total. The summed E-state index contributed by atoms with van der Waals surface area (Å²) in [7, 11) is 0. The van der Waals surface area contributed by atoms with E-state index in [1.807, 2.05) is 13.0 Å². The van der Waals surface area contributed by atoms with E-state index >= 15 is 0 Å². The number of hydrogen-bond acceptors (Lipinski definition) is 3. The van der Waals surface area contributed by atoms with Crippen molar-refractivity contribution in [2.45, 2.75) is 19.8 Å². The van der Waals surface area contributed by atoms with Gasteiger partial charge < -0.3 is 15.2 Å². The number of aliphatic carboxylic acids is 1. The van der Waals surface area contributed by atoms with Crippen molar-refractivity contribution in [3.05, 3.63) is 28.8 Å². The van der Waals surface area contributed by atoms with E-state index in [9.17, 15) is 9.59 Å². The molecule has 0 fully saturated rings. The molecule has 0 unspecified atom stereocenters. The number of carbonyl (C=O) groups is 2. The lowest BCUT2D eigenvalue weighted by atomic mass is 10.2.